The van der Waals surface area contributed by atoms with Gasteiger partial charge >= 0.3 is 0 Å². The molecular formula is C14H13ClN4O2. The Morgan fingerprint density at radius 1 is 1.24 bits per heavy atom. The van der Waals surface area contributed by atoms with Crippen molar-refractivity contribution in [3.63, 3.8) is 0 Å². The molecule has 0 aliphatic carbocycles. The van der Waals surface area contributed by atoms with Crippen LogP contribution in [0.4, 0.5) is 5.82 Å². The van der Waals surface area contributed by atoms with Crippen molar-refractivity contribution in [2.24, 2.45) is 5.73 Å². The van der Waals surface area contributed by atoms with Crippen molar-refractivity contribution in [2.75, 3.05) is 12.3 Å². The van der Waals surface area contributed by atoms with Crippen LogP contribution >= 0.6 is 11.6 Å². The Morgan fingerprint density at radius 3 is 2.57 bits per heavy atom. The molecule has 0 radical (unpaired) electrons. The molecule has 0 saturated carbocycles. The maximum absolute atomic E-state index is 10.7. The minimum Gasteiger partial charge on any atom is -0.477 e. The average Bonchev–Trinajstić information content (AvgIpc) is 2.45. The topological polar surface area (TPSA) is 104 Å². The van der Waals surface area contributed by atoms with Crippen LogP contribution in [0, 0.1) is 0 Å². The van der Waals surface area contributed by atoms with Crippen molar-refractivity contribution < 1.29 is 9.53 Å². The fourth-order valence-electron chi connectivity index (χ4n) is 1.54. The molecule has 0 atom stereocenters. The highest BCUT2D eigenvalue weighted by Crippen LogP contribution is 2.28. The maximum Gasteiger partial charge on any atom is 0.255 e. The summed E-state index contributed by atoms with van der Waals surface area (Å²) in [5.41, 5.74) is 11.7. The lowest BCUT2D eigenvalue weighted by atomic mass is 10.2. The van der Waals surface area contributed by atoms with Gasteiger partial charge in [-0.3, -0.25) is 4.79 Å². The van der Waals surface area contributed by atoms with E-state index in [4.69, 9.17) is 27.8 Å². The number of primary amides is 1. The van der Waals surface area contributed by atoms with Gasteiger partial charge in [0.25, 0.3) is 5.91 Å². The first-order valence-electron chi connectivity index (χ1n) is 6.03. The maximum atomic E-state index is 10.7. The standard InChI is InChI=1S/C14H13ClN4O2/c15-13-12(21-8-10(16)20)14(17)19-11(18-13)7-6-9-4-2-1-3-5-9/h1-7H,8H2,(H2,16,20)(H2,17,18,19). The van der Waals surface area contributed by atoms with Crippen LogP contribution in [0.3, 0.4) is 0 Å². The van der Waals surface area contributed by atoms with E-state index in [1.165, 1.54) is 0 Å². The van der Waals surface area contributed by atoms with Crippen molar-refractivity contribution in [3.8, 4) is 5.75 Å². The SMILES string of the molecule is NC(=O)COc1c(N)nc(C=Cc2ccccc2)nc1Cl. The number of carbonyl (C=O) groups excluding carboxylic acids is 1. The highest BCUT2D eigenvalue weighted by Gasteiger charge is 2.12. The van der Waals surface area contributed by atoms with E-state index in [-0.39, 0.29) is 23.3 Å². The number of amides is 1. The molecular weight excluding hydrogens is 292 g/mol. The van der Waals surface area contributed by atoms with Crippen LogP contribution in [0.1, 0.15) is 11.4 Å². The van der Waals surface area contributed by atoms with Crippen LogP contribution < -0.4 is 16.2 Å². The summed E-state index contributed by atoms with van der Waals surface area (Å²) in [7, 11) is 0. The molecule has 1 heterocycles. The van der Waals surface area contributed by atoms with E-state index in [0.717, 1.165) is 5.56 Å². The highest BCUT2D eigenvalue weighted by atomic mass is 35.5. The van der Waals surface area contributed by atoms with Gasteiger partial charge in [-0.25, -0.2) is 9.97 Å². The van der Waals surface area contributed by atoms with Gasteiger partial charge in [0.2, 0.25) is 0 Å². The normalized spacial score (nSPS) is 10.7. The van der Waals surface area contributed by atoms with Gasteiger partial charge in [0.1, 0.15) is 0 Å². The van der Waals surface area contributed by atoms with Crippen molar-refractivity contribution in [1.29, 1.82) is 0 Å². The number of carbonyl (C=O) groups is 1. The van der Waals surface area contributed by atoms with Gasteiger partial charge in [-0.05, 0) is 11.6 Å². The van der Waals surface area contributed by atoms with Gasteiger partial charge in [-0.15, -0.1) is 0 Å². The molecule has 0 fully saturated rings. The van der Waals surface area contributed by atoms with Crippen molar-refractivity contribution >= 4 is 35.5 Å². The first-order chi connectivity index (χ1) is 10.1. The van der Waals surface area contributed by atoms with Crippen LogP contribution in [-0.4, -0.2) is 22.5 Å². The second-order valence-electron chi connectivity index (χ2n) is 4.09. The Morgan fingerprint density at radius 2 is 1.95 bits per heavy atom. The predicted octanol–water partition coefficient (Wildman–Crippen LogP) is 1.75. The minimum atomic E-state index is -0.640. The number of halogens is 1. The van der Waals surface area contributed by atoms with Crippen molar-refractivity contribution in [3.05, 3.63) is 46.9 Å². The molecule has 7 heteroatoms. The molecule has 1 aromatic carbocycles. The highest BCUT2D eigenvalue weighted by molar-refractivity contribution is 6.31. The minimum absolute atomic E-state index is 0.0245. The largest absolute Gasteiger partial charge is 0.477 e. The average molecular weight is 305 g/mol. The molecule has 0 spiro atoms. The number of nitrogens with two attached hydrogens (primary N) is 2. The Kier molecular flexibility index (Phi) is 4.73. The van der Waals surface area contributed by atoms with Gasteiger partial charge in [0.05, 0.1) is 0 Å². The van der Waals surface area contributed by atoms with Gasteiger partial charge < -0.3 is 16.2 Å². The molecule has 2 aromatic rings. The quantitative estimate of drug-likeness (QED) is 0.819. The predicted molar refractivity (Wildman–Crippen MR) is 81.5 cm³/mol. The lowest BCUT2D eigenvalue weighted by molar-refractivity contribution is -0.119. The molecule has 0 saturated heterocycles. The molecule has 0 aliphatic heterocycles. The molecule has 1 amide bonds. The van der Waals surface area contributed by atoms with Crippen LogP contribution in [0.5, 0.6) is 5.75 Å². The summed E-state index contributed by atoms with van der Waals surface area (Å²) in [6, 6.07) is 9.64. The summed E-state index contributed by atoms with van der Waals surface area (Å²) in [6.07, 6.45) is 3.50. The fourth-order valence-corrected chi connectivity index (χ4v) is 1.78. The van der Waals surface area contributed by atoms with E-state index < -0.39 is 5.91 Å². The third-order valence-electron chi connectivity index (χ3n) is 2.45. The fraction of sp³-hybridized carbons (Fsp3) is 0.0714. The summed E-state index contributed by atoms with van der Waals surface area (Å²) < 4.78 is 5.07. The molecule has 0 bridgehead atoms. The van der Waals surface area contributed by atoms with Crippen LogP contribution in [0.15, 0.2) is 30.3 Å². The smallest absolute Gasteiger partial charge is 0.255 e. The zero-order chi connectivity index (χ0) is 15.2. The molecule has 6 nitrogen and oxygen atoms in total. The Hall–Kier alpha value is -2.60. The van der Waals surface area contributed by atoms with Crippen molar-refractivity contribution in [2.45, 2.75) is 0 Å². The van der Waals surface area contributed by atoms with Gasteiger partial charge in [-0.2, -0.15) is 0 Å². The number of rotatable bonds is 5. The van der Waals surface area contributed by atoms with Gasteiger partial charge in [0, 0.05) is 0 Å². The number of benzene rings is 1. The first-order valence-corrected chi connectivity index (χ1v) is 6.41. The zero-order valence-electron chi connectivity index (χ0n) is 11.0. The molecule has 0 unspecified atom stereocenters. The Labute approximate surface area is 126 Å². The summed E-state index contributed by atoms with van der Waals surface area (Å²) in [4.78, 5) is 18.8. The van der Waals surface area contributed by atoms with E-state index in [0.29, 0.717) is 5.82 Å². The van der Waals surface area contributed by atoms with E-state index in [9.17, 15) is 4.79 Å². The van der Waals surface area contributed by atoms with E-state index in [1.807, 2.05) is 36.4 Å². The molecule has 21 heavy (non-hydrogen) atoms. The number of hydrogen-bond donors (Lipinski definition) is 2. The monoisotopic (exact) mass is 304 g/mol. The second kappa shape index (κ2) is 6.71. The van der Waals surface area contributed by atoms with Gasteiger partial charge in [0.15, 0.2) is 29.2 Å². The number of hydrogen-bond acceptors (Lipinski definition) is 5. The zero-order valence-corrected chi connectivity index (χ0v) is 11.7. The number of nitrogens with zero attached hydrogens (tertiary/aromatic N) is 2. The lowest BCUT2D eigenvalue weighted by Gasteiger charge is -2.08. The van der Waals surface area contributed by atoms with E-state index in [1.54, 1.807) is 6.08 Å². The Bertz CT molecular complexity index is 651. The molecule has 2 rings (SSSR count). The first kappa shape index (κ1) is 14.8. The molecule has 4 N–H and O–H groups in total. The third kappa shape index (κ3) is 4.19. The van der Waals surface area contributed by atoms with Gasteiger partial charge in [-0.1, -0.05) is 48.0 Å². The number of anilines is 1. The summed E-state index contributed by atoms with van der Waals surface area (Å²) in [6.45, 7) is -0.341. The third-order valence-corrected chi connectivity index (χ3v) is 2.71. The van der Waals surface area contributed by atoms with Crippen LogP contribution in [0.2, 0.25) is 5.15 Å². The number of nitrogen functional groups attached to an aromatic ring is 1. The molecule has 0 aliphatic rings. The summed E-state index contributed by atoms with van der Waals surface area (Å²) >= 11 is 5.96. The lowest BCUT2D eigenvalue weighted by Crippen LogP contribution is -2.21. The van der Waals surface area contributed by atoms with E-state index in [2.05, 4.69) is 9.97 Å². The summed E-state index contributed by atoms with van der Waals surface area (Å²) in [5, 5.41) is 0.0245. The molecule has 1 aromatic heterocycles. The molecule has 108 valence electrons. The number of ether oxygens (including phenoxy) is 1. The number of aromatic nitrogens is 2. The van der Waals surface area contributed by atoms with Crippen LogP contribution in [0.25, 0.3) is 12.2 Å². The second-order valence-corrected chi connectivity index (χ2v) is 4.44. The van der Waals surface area contributed by atoms with Crippen LogP contribution in [-0.2, 0) is 4.79 Å². The van der Waals surface area contributed by atoms with E-state index >= 15 is 0 Å². The summed E-state index contributed by atoms with van der Waals surface area (Å²) in [5.74, 6) is -0.206. The van der Waals surface area contributed by atoms with Crippen molar-refractivity contribution in [1.82, 2.24) is 9.97 Å². The Balaban J connectivity index is 2.19.